The monoisotopic (exact) mass is 287 g/mol. The van der Waals surface area contributed by atoms with Crippen molar-refractivity contribution < 1.29 is 0 Å². The molecule has 0 aliphatic carbocycles. The van der Waals surface area contributed by atoms with E-state index in [1.165, 1.54) is 27.3 Å². The topological polar surface area (TPSA) is 12.0 Å². The Morgan fingerprint density at radius 3 is 2.30 bits per heavy atom. The molecule has 1 N–H and O–H groups in total. The predicted octanol–water partition coefficient (Wildman–Crippen LogP) is 4.24. The van der Waals surface area contributed by atoms with Gasteiger partial charge in [-0.2, -0.15) is 0 Å². The zero-order valence-corrected chi connectivity index (χ0v) is 13.6. The van der Waals surface area contributed by atoms with Gasteiger partial charge in [-0.25, -0.2) is 0 Å². The molecule has 1 atom stereocenters. The van der Waals surface area contributed by atoms with Gasteiger partial charge in [0, 0.05) is 9.75 Å². The minimum Gasteiger partial charge on any atom is -0.319 e. The number of rotatable bonds is 7. The Hall–Kier alpha value is -1.12. The minimum atomic E-state index is 0.672. The molecular weight excluding hydrogens is 262 g/mol. The summed E-state index contributed by atoms with van der Waals surface area (Å²) in [5.74, 6) is 0.672. The maximum atomic E-state index is 3.35. The van der Waals surface area contributed by atoms with Crippen LogP contribution in [-0.2, 0) is 19.3 Å². The molecule has 2 rings (SSSR count). The summed E-state index contributed by atoms with van der Waals surface area (Å²) in [6.45, 7) is 5.45. The van der Waals surface area contributed by atoms with Gasteiger partial charge in [-0.1, -0.05) is 36.8 Å². The third-order valence-electron chi connectivity index (χ3n) is 3.69. The Balaban J connectivity index is 2.00. The average molecular weight is 287 g/mol. The molecule has 108 valence electrons. The van der Waals surface area contributed by atoms with Crippen molar-refractivity contribution in [2.45, 2.75) is 33.1 Å². The van der Waals surface area contributed by atoms with Crippen molar-refractivity contribution >= 4 is 11.3 Å². The molecule has 1 aromatic carbocycles. The number of hydrogen-bond acceptors (Lipinski definition) is 2. The second-order valence-electron chi connectivity index (χ2n) is 5.54. The standard InChI is InChI=1S/C18H25NS/c1-4-17-9-10-18(20-17)12-16(13-19-3)11-15-7-5-14(2)6-8-15/h5-10,16,19H,4,11-13H2,1-3H3. The molecule has 0 spiro atoms. The van der Waals surface area contributed by atoms with E-state index in [1.807, 2.05) is 18.4 Å². The molecule has 0 saturated carbocycles. The van der Waals surface area contributed by atoms with Crippen molar-refractivity contribution in [3.8, 4) is 0 Å². The van der Waals surface area contributed by atoms with Crippen LogP contribution in [0, 0.1) is 12.8 Å². The van der Waals surface area contributed by atoms with Crippen molar-refractivity contribution in [1.29, 1.82) is 0 Å². The highest BCUT2D eigenvalue weighted by Gasteiger charge is 2.11. The molecule has 1 aromatic heterocycles. The van der Waals surface area contributed by atoms with Gasteiger partial charge < -0.3 is 5.32 Å². The summed E-state index contributed by atoms with van der Waals surface area (Å²) >= 11 is 1.97. The van der Waals surface area contributed by atoms with Crippen molar-refractivity contribution in [1.82, 2.24) is 5.32 Å². The molecule has 2 aromatic rings. The Labute approximate surface area is 127 Å². The van der Waals surface area contributed by atoms with Crippen LogP contribution < -0.4 is 5.32 Å². The average Bonchev–Trinajstić information content (AvgIpc) is 2.89. The van der Waals surface area contributed by atoms with Crippen LogP contribution in [0.4, 0.5) is 0 Å². The van der Waals surface area contributed by atoms with E-state index in [0.717, 1.165) is 19.4 Å². The summed E-state index contributed by atoms with van der Waals surface area (Å²) in [7, 11) is 2.05. The van der Waals surface area contributed by atoms with Crippen molar-refractivity contribution in [2.24, 2.45) is 5.92 Å². The van der Waals surface area contributed by atoms with Crippen LogP contribution in [0.2, 0.25) is 0 Å². The fourth-order valence-electron chi connectivity index (χ4n) is 2.57. The quantitative estimate of drug-likeness (QED) is 0.803. The number of hydrogen-bond donors (Lipinski definition) is 1. The molecule has 1 heterocycles. The highest BCUT2D eigenvalue weighted by molar-refractivity contribution is 7.11. The second-order valence-corrected chi connectivity index (χ2v) is 6.79. The van der Waals surface area contributed by atoms with Gasteiger partial charge in [-0.3, -0.25) is 0 Å². The lowest BCUT2D eigenvalue weighted by atomic mass is 9.95. The molecule has 20 heavy (non-hydrogen) atoms. The molecule has 0 bridgehead atoms. The van der Waals surface area contributed by atoms with Gasteiger partial charge in [-0.15, -0.1) is 11.3 Å². The zero-order valence-electron chi connectivity index (χ0n) is 12.8. The maximum absolute atomic E-state index is 3.35. The van der Waals surface area contributed by atoms with E-state index >= 15 is 0 Å². The van der Waals surface area contributed by atoms with Crippen molar-refractivity contribution in [3.63, 3.8) is 0 Å². The predicted molar refractivity (Wildman–Crippen MR) is 89.7 cm³/mol. The first-order chi connectivity index (χ1) is 9.71. The first-order valence-corrected chi connectivity index (χ1v) is 8.30. The summed E-state index contributed by atoms with van der Waals surface area (Å²) in [5.41, 5.74) is 2.79. The molecule has 0 fully saturated rings. The van der Waals surface area contributed by atoms with Crippen LogP contribution in [-0.4, -0.2) is 13.6 Å². The van der Waals surface area contributed by atoms with E-state index in [4.69, 9.17) is 0 Å². The summed E-state index contributed by atoms with van der Waals surface area (Å²) in [6.07, 6.45) is 3.49. The van der Waals surface area contributed by atoms with E-state index in [1.54, 1.807) is 0 Å². The first-order valence-electron chi connectivity index (χ1n) is 7.49. The number of aryl methyl sites for hydroxylation is 2. The third-order valence-corrected chi connectivity index (χ3v) is 4.95. The lowest BCUT2D eigenvalue weighted by Crippen LogP contribution is -2.22. The molecule has 0 saturated heterocycles. The smallest absolute Gasteiger partial charge is 0.00515 e. The highest BCUT2D eigenvalue weighted by atomic mass is 32.1. The Morgan fingerprint density at radius 1 is 1.00 bits per heavy atom. The molecule has 0 aliphatic heterocycles. The molecule has 2 heteroatoms. The summed E-state index contributed by atoms with van der Waals surface area (Å²) in [4.78, 5) is 3.02. The van der Waals surface area contributed by atoms with Crippen LogP contribution in [0.3, 0.4) is 0 Å². The largest absolute Gasteiger partial charge is 0.319 e. The summed E-state index contributed by atoms with van der Waals surface area (Å²) < 4.78 is 0. The Kier molecular flexibility index (Phi) is 5.81. The van der Waals surface area contributed by atoms with Gasteiger partial charge >= 0.3 is 0 Å². The van der Waals surface area contributed by atoms with E-state index in [-0.39, 0.29) is 0 Å². The third kappa shape index (κ3) is 4.46. The normalized spacial score (nSPS) is 12.6. The molecule has 1 unspecified atom stereocenters. The number of thiophene rings is 1. The van der Waals surface area contributed by atoms with Gasteiger partial charge in [-0.05, 0) is 63.4 Å². The SMILES string of the molecule is CCc1ccc(CC(CNC)Cc2ccc(C)cc2)s1. The van der Waals surface area contributed by atoms with Crippen LogP contribution >= 0.6 is 11.3 Å². The fourth-order valence-corrected chi connectivity index (χ4v) is 3.64. The van der Waals surface area contributed by atoms with Crippen LogP contribution in [0.25, 0.3) is 0 Å². The van der Waals surface area contributed by atoms with Crippen molar-refractivity contribution in [3.05, 3.63) is 57.3 Å². The van der Waals surface area contributed by atoms with E-state index in [9.17, 15) is 0 Å². The van der Waals surface area contributed by atoms with Gasteiger partial charge in [0.05, 0.1) is 0 Å². The van der Waals surface area contributed by atoms with Gasteiger partial charge in [0.15, 0.2) is 0 Å². The highest BCUT2D eigenvalue weighted by Crippen LogP contribution is 2.22. The van der Waals surface area contributed by atoms with Gasteiger partial charge in [0.25, 0.3) is 0 Å². The van der Waals surface area contributed by atoms with Crippen LogP contribution in [0.5, 0.6) is 0 Å². The van der Waals surface area contributed by atoms with Gasteiger partial charge in [0.2, 0.25) is 0 Å². The molecular formula is C18H25NS. The molecule has 0 aliphatic rings. The first kappa shape index (κ1) is 15.3. The van der Waals surface area contributed by atoms with E-state index in [0.29, 0.717) is 5.92 Å². The summed E-state index contributed by atoms with van der Waals surface area (Å²) in [5, 5.41) is 3.35. The lowest BCUT2D eigenvalue weighted by Gasteiger charge is -2.16. The van der Waals surface area contributed by atoms with Crippen LogP contribution in [0.15, 0.2) is 36.4 Å². The number of nitrogens with one attached hydrogen (secondary N) is 1. The van der Waals surface area contributed by atoms with Crippen LogP contribution in [0.1, 0.15) is 27.8 Å². The molecule has 0 radical (unpaired) electrons. The fraction of sp³-hybridized carbons (Fsp3) is 0.444. The van der Waals surface area contributed by atoms with E-state index in [2.05, 4.69) is 55.6 Å². The Morgan fingerprint density at radius 2 is 1.70 bits per heavy atom. The van der Waals surface area contributed by atoms with Gasteiger partial charge in [0.1, 0.15) is 0 Å². The molecule has 1 nitrogen and oxygen atoms in total. The minimum absolute atomic E-state index is 0.672. The second kappa shape index (κ2) is 7.61. The Bertz CT molecular complexity index is 512. The molecule has 0 amide bonds. The van der Waals surface area contributed by atoms with E-state index < -0.39 is 0 Å². The lowest BCUT2D eigenvalue weighted by molar-refractivity contribution is 0.496. The van der Waals surface area contributed by atoms with Crippen molar-refractivity contribution in [2.75, 3.05) is 13.6 Å². The number of benzene rings is 1. The zero-order chi connectivity index (χ0) is 14.4. The summed E-state index contributed by atoms with van der Waals surface area (Å²) in [6, 6.07) is 13.6. The maximum Gasteiger partial charge on any atom is 0.00515 e.